The van der Waals surface area contributed by atoms with Gasteiger partial charge in [0, 0.05) is 5.69 Å². The van der Waals surface area contributed by atoms with E-state index in [1.54, 1.807) is 0 Å². The van der Waals surface area contributed by atoms with Crippen LogP contribution in [0.15, 0.2) is 36.4 Å². The van der Waals surface area contributed by atoms with Crippen LogP contribution in [0.2, 0.25) is 0 Å². The van der Waals surface area contributed by atoms with E-state index in [2.05, 4.69) is 37.3 Å². The smallest absolute Gasteiger partial charge is 0.0349 e. The second-order valence-electron chi connectivity index (χ2n) is 4.35. The summed E-state index contributed by atoms with van der Waals surface area (Å²) in [5.41, 5.74) is 13.9. The van der Waals surface area contributed by atoms with Gasteiger partial charge in [-0.3, -0.25) is 0 Å². The van der Waals surface area contributed by atoms with E-state index >= 15 is 0 Å². The highest BCUT2D eigenvalue weighted by atomic mass is 14.6. The van der Waals surface area contributed by atoms with E-state index in [4.69, 9.17) is 5.73 Å². The average Bonchev–Trinajstić information content (AvgIpc) is 2.67. The highest BCUT2D eigenvalue weighted by molar-refractivity contribution is 5.80. The molecular formula is C15H15N. The summed E-state index contributed by atoms with van der Waals surface area (Å²) in [6.07, 6.45) is 2.06. The first kappa shape index (κ1) is 9.46. The predicted octanol–water partition coefficient (Wildman–Crippen LogP) is 3.40. The SMILES string of the molecule is CCc1c(N)ccc2c1Cc1ccccc1-2. The van der Waals surface area contributed by atoms with E-state index in [0.717, 1.165) is 18.5 Å². The van der Waals surface area contributed by atoms with Gasteiger partial charge in [0.2, 0.25) is 0 Å². The predicted molar refractivity (Wildman–Crippen MR) is 68.5 cm³/mol. The summed E-state index contributed by atoms with van der Waals surface area (Å²) in [6.45, 7) is 2.18. The number of rotatable bonds is 1. The van der Waals surface area contributed by atoms with Crippen LogP contribution in [-0.2, 0) is 12.8 Å². The molecule has 2 aromatic rings. The van der Waals surface area contributed by atoms with Crippen molar-refractivity contribution in [3.63, 3.8) is 0 Å². The van der Waals surface area contributed by atoms with Gasteiger partial charge in [-0.15, -0.1) is 0 Å². The number of benzene rings is 2. The number of hydrogen-bond donors (Lipinski definition) is 1. The molecule has 0 saturated heterocycles. The first-order valence-electron chi connectivity index (χ1n) is 5.79. The molecule has 2 aromatic carbocycles. The van der Waals surface area contributed by atoms with Gasteiger partial charge in [0.1, 0.15) is 0 Å². The number of anilines is 1. The van der Waals surface area contributed by atoms with Crippen LogP contribution >= 0.6 is 0 Å². The summed E-state index contributed by atoms with van der Waals surface area (Å²) in [7, 11) is 0. The van der Waals surface area contributed by atoms with Crippen LogP contribution in [0.5, 0.6) is 0 Å². The molecule has 2 N–H and O–H groups in total. The fourth-order valence-electron chi connectivity index (χ4n) is 2.71. The lowest BCUT2D eigenvalue weighted by molar-refractivity contribution is 1.09. The van der Waals surface area contributed by atoms with Crippen LogP contribution in [0, 0.1) is 0 Å². The molecule has 0 saturated carbocycles. The second-order valence-corrected chi connectivity index (χ2v) is 4.35. The van der Waals surface area contributed by atoms with Crippen LogP contribution in [0.4, 0.5) is 5.69 Å². The number of fused-ring (bicyclic) bond motifs is 3. The highest BCUT2D eigenvalue weighted by Gasteiger charge is 2.20. The Hall–Kier alpha value is -1.76. The minimum absolute atomic E-state index is 0.939. The van der Waals surface area contributed by atoms with Crippen molar-refractivity contribution in [1.29, 1.82) is 0 Å². The zero-order valence-corrected chi connectivity index (χ0v) is 9.46. The molecule has 1 heteroatoms. The first-order valence-corrected chi connectivity index (χ1v) is 5.79. The minimum Gasteiger partial charge on any atom is -0.398 e. The fourth-order valence-corrected chi connectivity index (χ4v) is 2.71. The zero-order chi connectivity index (χ0) is 11.1. The van der Waals surface area contributed by atoms with Gasteiger partial charge in [0.15, 0.2) is 0 Å². The summed E-state index contributed by atoms with van der Waals surface area (Å²) in [5.74, 6) is 0. The molecule has 0 amide bonds. The number of nitrogen functional groups attached to an aromatic ring is 1. The molecule has 1 aliphatic rings. The van der Waals surface area contributed by atoms with E-state index in [1.165, 1.54) is 27.8 Å². The molecule has 0 bridgehead atoms. The van der Waals surface area contributed by atoms with Crippen molar-refractivity contribution < 1.29 is 0 Å². The van der Waals surface area contributed by atoms with Crippen molar-refractivity contribution in [2.24, 2.45) is 0 Å². The summed E-state index contributed by atoms with van der Waals surface area (Å²) >= 11 is 0. The van der Waals surface area contributed by atoms with Crippen molar-refractivity contribution in [3.05, 3.63) is 53.1 Å². The minimum atomic E-state index is 0.939. The molecule has 0 radical (unpaired) electrons. The summed E-state index contributed by atoms with van der Waals surface area (Å²) in [4.78, 5) is 0. The summed E-state index contributed by atoms with van der Waals surface area (Å²) in [5, 5.41) is 0. The van der Waals surface area contributed by atoms with Crippen molar-refractivity contribution in [2.75, 3.05) is 5.73 Å². The highest BCUT2D eigenvalue weighted by Crippen LogP contribution is 2.39. The molecule has 16 heavy (non-hydrogen) atoms. The van der Waals surface area contributed by atoms with Gasteiger partial charge in [-0.05, 0) is 46.7 Å². The van der Waals surface area contributed by atoms with Gasteiger partial charge >= 0.3 is 0 Å². The van der Waals surface area contributed by atoms with Crippen LogP contribution in [0.3, 0.4) is 0 Å². The standard InChI is InChI=1S/C15H15N/c1-2-11-14-9-10-5-3-4-6-12(10)13(14)7-8-15(11)16/h3-8H,2,9,16H2,1H3. The molecule has 1 nitrogen and oxygen atoms in total. The molecular weight excluding hydrogens is 194 g/mol. The molecule has 0 fully saturated rings. The molecule has 0 aromatic heterocycles. The third kappa shape index (κ3) is 1.18. The Balaban J connectivity index is 2.28. The molecule has 0 spiro atoms. The molecule has 1 aliphatic carbocycles. The second kappa shape index (κ2) is 3.38. The van der Waals surface area contributed by atoms with E-state index in [0.29, 0.717) is 0 Å². The van der Waals surface area contributed by atoms with E-state index in [9.17, 15) is 0 Å². The Morgan fingerprint density at radius 1 is 1.06 bits per heavy atom. The molecule has 0 atom stereocenters. The van der Waals surface area contributed by atoms with Gasteiger partial charge in [-0.1, -0.05) is 37.3 Å². The Labute approximate surface area is 95.9 Å². The van der Waals surface area contributed by atoms with Crippen molar-refractivity contribution in [3.8, 4) is 11.1 Å². The van der Waals surface area contributed by atoms with Crippen LogP contribution in [0.1, 0.15) is 23.6 Å². The largest absolute Gasteiger partial charge is 0.398 e. The van der Waals surface area contributed by atoms with Gasteiger partial charge in [-0.2, -0.15) is 0 Å². The van der Waals surface area contributed by atoms with E-state index < -0.39 is 0 Å². The van der Waals surface area contributed by atoms with E-state index in [1.807, 2.05) is 6.07 Å². The Morgan fingerprint density at radius 3 is 2.69 bits per heavy atom. The maximum Gasteiger partial charge on any atom is 0.0349 e. The molecule has 0 unspecified atom stereocenters. The maximum absolute atomic E-state index is 6.04. The lowest BCUT2D eigenvalue weighted by atomic mass is 9.98. The average molecular weight is 209 g/mol. The summed E-state index contributed by atoms with van der Waals surface area (Å²) < 4.78 is 0. The van der Waals surface area contributed by atoms with Gasteiger partial charge in [0.25, 0.3) is 0 Å². The maximum atomic E-state index is 6.04. The lowest BCUT2D eigenvalue weighted by Gasteiger charge is -2.09. The van der Waals surface area contributed by atoms with Gasteiger partial charge in [0.05, 0.1) is 0 Å². The van der Waals surface area contributed by atoms with Gasteiger partial charge < -0.3 is 5.73 Å². The molecule has 0 aliphatic heterocycles. The Kier molecular flexibility index (Phi) is 2.00. The monoisotopic (exact) mass is 209 g/mol. The third-order valence-corrected chi connectivity index (χ3v) is 3.50. The fraction of sp³-hybridized carbons (Fsp3) is 0.200. The van der Waals surface area contributed by atoms with Crippen molar-refractivity contribution in [2.45, 2.75) is 19.8 Å². The normalized spacial score (nSPS) is 12.3. The summed E-state index contributed by atoms with van der Waals surface area (Å²) in [6, 6.07) is 12.8. The Bertz CT molecular complexity index is 555. The zero-order valence-electron chi connectivity index (χ0n) is 9.46. The lowest BCUT2D eigenvalue weighted by Crippen LogP contribution is -1.97. The number of nitrogens with two attached hydrogens (primary N) is 1. The Morgan fingerprint density at radius 2 is 1.88 bits per heavy atom. The number of hydrogen-bond acceptors (Lipinski definition) is 1. The quantitative estimate of drug-likeness (QED) is 0.611. The van der Waals surface area contributed by atoms with E-state index in [-0.39, 0.29) is 0 Å². The molecule has 3 rings (SSSR count). The van der Waals surface area contributed by atoms with Crippen molar-refractivity contribution >= 4 is 5.69 Å². The van der Waals surface area contributed by atoms with Crippen LogP contribution < -0.4 is 5.73 Å². The van der Waals surface area contributed by atoms with Crippen LogP contribution in [-0.4, -0.2) is 0 Å². The topological polar surface area (TPSA) is 26.0 Å². The first-order chi connectivity index (χ1) is 7.81. The van der Waals surface area contributed by atoms with Crippen LogP contribution in [0.25, 0.3) is 11.1 Å². The third-order valence-electron chi connectivity index (χ3n) is 3.50. The van der Waals surface area contributed by atoms with Gasteiger partial charge in [-0.25, -0.2) is 0 Å². The molecule has 0 heterocycles. The molecule has 80 valence electrons. The van der Waals surface area contributed by atoms with Crippen molar-refractivity contribution in [1.82, 2.24) is 0 Å².